The molecule has 0 aliphatic rings. The Balaban J connectivity index is 2.13. The SMILES string of the molecule is CCCNCc1cn(CCOC(C)C)c2ccccc12. The first kappa shape index (κ1) is 15.1. The number of hydrogen-bond acceptors (Lipinski definition) is 2. The second-order valence-corrected chi connectivity index (χ2v) is 5.46. The number of para-hydroxylation sites is 1. The number of hydrogen-bond donors (Lipinski definition) is 1. The van der Waals surface area contributed by atoms with Crippen LogP contribution in [0.15, 0.2) is 30.5 Å². The highest BCUT2D eigenvalue weighted by atomic mass is 16.5. The van der Waals surface area contributed by atoms with Gasteiger partial charge in [-0.05, 0) is 38.4 Å². The fourth-order valence-electron chi connectivity index (χ4n) is 2.44. The van der Waals surface area contributed by atoms with E-state index in [0.717, 1.165) is 26.2 Å². The Morgan fingerprint density at radius 1 is 1.25 bits per heavy atom. The Morgan fingerprint density at radius 2 is 2.05 bits per heavy atom. The van der Waals surface area contributed by atoms with Crippen molar-refractivity contribution in [1.29, 1.82) is 0 Å². The maximum atomic E-state index is 5.67. The highest BCUT2D eigenvalue weighted by molar-refractivity contribution is 5.83. The van der Waals surface area contributed by atoms with E-state index in [1.807, 2.05) is 0 Å². The lowest BCUT2D eigenvalue weighted by molar-refractivity contribution is 0.0733. The number of nitrogens with one attached hydrogen (secondary N) is 1. The van der Waals surface area contributed by atoms with Crippen LogP contribution >= 0.6 is 0 Å². The quantitative estimate of drug-likeness (QED) is 0.745. The molecule has 0 saturated carbocycles. The molecule has 0 saturated heterocycles. The number of nitrogens with zero attached hydrogens (tertiary/aromatic N) is 1. The van der Waals surface area contributed by atoms with Gasteiger partial charge in [0.2, 0.25) is 0 Å². The van der Waals surface area contributed by atoms with E-state index in [9.17, 15) is 0 Å². The molecule has 1 aromatic carbocycles. The van der Waals surface area contributed by atoms with Crippen molar-refractivity contribution in [3.8, 4) is 0 Å². The summed E-state index contributed by atoms with van der Waals surface area (Å²) in [6, 6.07) is 8.61. The summed E-state index contributed by atoms with van der Waals surface area (Å²) < 4.78 is 7.97. The van der Waals surface area contributed by atoms with E-state index in [2.05, 4.69) is 61.1 Å². The van der Waals surface area contributed by atoms with Gasteiger partial charge >= 0.3 is 0 Å². The summed E-state index contributed by atoms with van der Waals surface area (Å²) in [4.78, 5) is 0. The summed E-state index contributed by atoms with van der Waals surface area (Å²) in [5.74, 6) is 0. The Hall–Kier alpha value is -1.32. The molecule has 0 bridgehead atoms. The summed E-state index contributed by atoms with van der Waals surface area (Å²) in [6.07, 6.45) is 3.72. The highest BCUT2D eigenvalue weighted by Gasteiger charge is 2.07. The van der Waals surface area contributed by atoms with Crippen LogP contribution in [0, 0.1) is 0 Å². The summed E-state index contributed by atoms with van der Waals surface area (Å²) in [6.45, 7) is 10.0. The molecule has 2 rings (SSSR count). The van der Waals surface area contributed by atoms with Crippen LogP contribution in [0.4, 0.5) is 0 Å². The van der Waals surface area contributed by atoms with E-state index < -0.39 is 0 Å². The van der Waals surface area contributed by atoms with E-state index in [-0.39, 0.29) is 0 Å². The van der Waals surface area contributed by atoms with Gasteiger partial charge in [0.15, 0.2) is 0 Å². The molecule has 2 aromatic rings. The van der Waals surface area contributed by atoms with Crippen LogP contribution in [0.2, 0.25) is 0 Å². The molecular weight excluding hydrogens is 248 g/mol. The van der Waals surface area contributed by atoms with Crippen LogP contribution in [0.5, 0.6) is 0 Å². The third kappa shape index (κ3) is 3.84. The zero-order chi connectivity index (χ0) is 14.4. The normalized spacial score (nSPS) is 11.6. The number of ether oxygens (including phenoxy) is 1. The Bertz CT molecular complexity index is 531. The van der Waals surface area contributed by atoms with E-state index in [4.69, 9.17) is 4.74 Å². The van der Waals surface area contributed by atoms with Gasteiger partial charge in [-0.25, -0.2) is 0 Å². The molecule has 0 fully saturated rings. The topological polar surface area (TPSA) is 26.2 Å². The highest BCUT2D eigenvalue weighted by Crippen LogP contribution is 2.21. The zero-order valence-corrected chi connectivity index (χ0v) is 12.9. The lowest BCUT2D eigenvalue weighted by atomic mass is 10.2. The number of aromatic nitrogens is 1. The van der Waals surface area contributed by atoms with Crippen LogP contribution in [0.25, 0.3) is 10.9 Å². The molecule has 1 aromatic heterocycles. The van der Waals surface area contributed by atoms with E-state index in [0.29, 0.717) is 6.10 Å². The molecule has 110 valence electrons. The molecule has 0 aliphatic heterocycles. The summed E-state index contributed by atoms with van der Waals surface area (Å²) >= 11 is 0. The third-order valence-corrected chi connectivity index (χ3v) is 3.40. The van der Waals surface area contributed by atoms with Gasteiger partial charge in [0.25, 0.3) is 0 Å². The van der Waals surface area contributed by atoms with Gasteiger partial charge in [0.05, 0.1) is 12.7 Å². The second kappa shape index (κ2) is 7.46. The van der Waals surface area contributed by atoms with E-state index >= 15 is 0 Å². The Kier molecular flexibility index (Phi) is 5.62. The Morgan fingerprint density at radius 3 is 2.80 bits per heavy atom. The predicted molar refractivity (Wildman–Crippen MR) is 85.0 cm³/mol. The molecule has 0 atom stereocenters. The molecule has 1 N–H and O–H groups in total. The van der Waals surface area contributed by atoms with Gasteiger partial charge in [-0.2, -0.15) is 0 Å². The molecule has 1 heterocycles. The minimum absolute atomic E-state index is 0.294. The maximum absolute atomic E-state index is 5.67. The minimum Gasteiger partial charge on any atom is -0.377 e. The molecular formula is C17H26N2O. The lowest BCUT2D eigenvalue weighted by Gasteiger charge is -2.09. The fraction of sp³-hybridized carbons (Fsp3) is 0.529. The van der Waals surface area contributed by atoms with Crippen LogP contribution in [-0.4, -0.2) is 23.8 Å². The first-order valence-corrected chi connectivity index (χ1v) is 7.61. The molecule has 3 nitrogen and oxygen atoms in total. The molecule has 0 amide bonds. The van der Waals surface area contributed by atoms with E-state index in [1.165, 1.54) is 22.9 Å². The number of benzene rings is 1. The lowest BCUT2D eigenvalue weighted by Crippen LogP contribution is -2.13. The largest absolute Gasteiger partial charge is 0.377 e. The molecule has 3 heteroatoms. The number of rotatable bonds is 8. The van der Waals surface area contributed by atoms with Gasteiger partial charge in [-0.1, -0.05) is 25.1 Å². The third-order valence-electron chi connectivity index (χ3n) is 3.40. The summed E-state index contributed by atoms with van der Waals surface area (Å²) in [7, 11) is 0. The van der Waals surface area contributed by atoms with Crippen molar-refractivity contribution < 1.29 is 4.74 Å². The average Bonchev–Trinajstić information content (AvgIpc) is 2.78. The van der Waals surface area contributed by atoms with Gasteiger partial charge in [0, 0.05) is 30.2 Å². The second-order valence-electron chi connectivity index (χ2n) is 5.46. The van der Waals surface area contributed by atoms with Crippen LogP contribution in [0.1, 0.15) is 32.8 Å². The van der Waals surface area contributed by atoms with Crippen molar-refractivity contribution in [2.45, 2.75) is 46.4 Å². The van der Waals surface area contributed by atoms with Crippen molar-refractivity contribution in [3.63, 3.8) is 0 Å². The molecule has 0 radical (unpaired) electrons. The molecule has 20 heavy (non-hydrogen) atoms. The van der Waals surface area contributed by atoms with Gasteiger partial charge in [0.1, 0.15) is 0 Å². The minimum atomic E-state index is 0.294. The molecule has 0 spiro atoms. The molecule has 0 aliphatic carbocycles. The standard InChI is InChI=1S/C17H26N2O/c1-4-9-18-12-15-13-19(10-11-20-14(2)3)17-8-6-5-7-16(15)17/h5-8,13-14,18H,4,9-12H2,1-3H3. The fourth-order valence-corrected chi connectivity index (χ4v) is 2.44. The summed E-state index contributed by atoms with van der Waals surface area (Å²) in [5, 5.41) is 4.83. The maximum Gasteiger partial charge on any atom is 0.0649 e. The molecule has 0 unspecified atom stereocenters. The average molecular weight is 274 g/mol. The van der Waals surface area contributed by atoms with Crippen LogP contribution in [0.3, 0.4) is 0 Å². The zero-order valence-electron chi connectivity index (χ0n) is 12.9. The van der Waals surface area contributed by atoms with Gasteiger partial charge in [-0.15, -0.1) is 0 Å². The van der Waals surface area contributed by atoms with Crippen molar-refractivity contribution in [3.05, 3.63) is 36.0 Å². The summed E-state index contributed by atoms with van der Waals surface area (Å²) in [5.41, 5.74) is 2.67. The first-order valence-electron chi connectivity index (χ1n) is 7.61. The van der Waals surface area contributed by atoms with Crippen molar-refractivity contribution >= 4 is 10.9 Å². The first-order chi connectivity index (χ1) is 9.72. The van der Waals surface area contributed by atoms with Crippen molar-refractivity contribution in [2.75, 3.05) is 13.2 Å². The monoisotopic (exact) mass is 274 g/mol. The van der Waals surface area contributed by atoms with Gasteiger partial charge in [-0.3, -0.25) is 0 Å². The van der Waals surface area contributed by atoms with Crippen LogP contribution in [-0.2, 0) is 17.8 Å². The number of fused-ring (bicyclic) bond motifs is 1. The predicted octanol–water partition coefficient (Wildman–Crippen LogP) is 3.57. The van der Waals surface area contributed by atoms with Gasteiger partial charge < -0.3 is 14.6 Å². The van der Waals surface area contributed by atoms with E-state index in [1.54, 1.807) is 0 Å². The van der Waals surface area contributed by atoms with Crippen LogP contribution < -0.4 is 5.32 Å². The van der Waals surface area contributed by atoms with Crippen molar-refractivity contribution in [1.82, 2.24) is 9.88 Å². The smallest absolute Gasteiger partial charge is 0.0649 e. The van der Waals surface area contributed by atoms with Crippen molar-refractivity contribution in [2.24, 2.45) is 0 Å². The Labute approximate surface area is 121 Å².